The Bertz CT molecular complexity index is 1810. The number of amides is 1. The van der Waals surface area contributed by atoms with Crippen LogP contribution in [0.2, 0.25) is 5.02 Å². The molecule has 15 heteroatoms. The minimum absolute atomic E-state index is 0.00690. The summed E-state index contributed by atoms with van der Waals surface area (Å²) in [7, 11) is -4.92. The van der Waals surface area contributed by atoms with Gasteiger partial charge in [0.05, 0.1) is 47.3 Å². The molecule has 0 bridgehead atoms. The highest BCUT2D eigenvalue weighted by Gasteiger charge is 2.32. The fourth-order valence-electron chi connectivity index (χ4n) is 5.56. The number of nitrogens with one attached hydrogen (secondary N) is 1. The maximum Gasteiger partial charge on any atom is 0.261 e. The number of halogens is 1. The van der Waals surface area contributed by atoms with Crippen molar-refractivity contribution in [1.29, 1.82) is 0 Å². The Balaban J connectivity index is 1.66. The molecule has 3 aromatic rings. The molecule has 1 amide bonds. The number of sulfonamides is 2. The smallest absolute Gasteiger partial charge is 0.261 e. The fraction of sp³-hybridized carbons (Fsp3) is 0.457. The number of aliphatic hydroxyl groups excluding tert-OH is 1. The number of likely N-dealkylation sites (N-methyl/N-ethyl adjacent to an activating group) is 1. The van der Waals surface area contributed by atoms with Crippen LogP contribution in [0.25, 0.3) is 0 Å². The molecule has 0 saturated carbocycles. The number of carbonyl (C=O) groups is 1. The van der Waals surface area contributed by atoms with Crippen molar-refractivity contribution in [3.05, 3.63) is 77.3 Å². The van der Waals surface area contributed by atoms with Gasteiger partial charge in [0.15, 0.2) is 0 Å². The summed E-state index contributed by atoms with van der Waals surface area (Å²) in [5.74, 6) is -0.0814. The average Bonchev–Trinajstić information content (AvgIpc) is 3.09. The molecule has 1 heterocycles. The van der Waals surface area contributed by atoms with E-state index in [4.69, 9.17) is 25.8 Å². The predicted molar refractivity (Wildman–Crippen MR) is 192 cm³/mol. The largest absolute Gasteiger partial charge is 0.497 e. The number of methoxy groups -OCH3 is 1. The number of ether oxygens (including phenoxy) is 3. The molecule has 0 aromatic heterocycles. The van der Waals surface area contributed by atoms with Gasteiger partial charge in [0.1, 0.15) is 11.5 Å². The standard InChI is InChI=1S/C35H46ClN3O9S2/c1-24-21-39(25(2)23-40)35(41)32-20-28(37-49(42,43)30-14-9-27(36)10-15-30)11-18-33(32)48-26(3)8-6-7-19-47-34(24)22-38(4)50(44,45)31-16-12-29(46-5)13-17-31/h9-18,20,24-26,34,37,40H,6-8,19,21-23H2,1-5H3/t24-,25-,26+,34-/m1/s1. The third-order valence-corrected chi connectivity index (χ3v) is 12.1. The molecule has 274 valence electrons. The summed E-state index contributed by atoms with van der Waals surface area (Å²) >= 11 is 5.94. The van der Waals surface area contributed by atoms with E-state index in [0.717, 1.165) is 6.42 Å². The molecule has 1 aliphatic heterocycles. The number of fused-ring (bicyclic) bond motifs is 1. The number of hydrogen-bond acceptors (Lipinski definition) is 9. The van der Waals surface area contributed by atoms with Gasteiger partial charge in [-0.25, -0.2) is 16.8 Å². The Morgan fingerprint density at radius 1 is 1.02 bits per heavy atom. The van der Waals surface area contributed by atoms with Crippen LogP contribution in [0.5, 0.6) is 11.5 Å². The average molecular weight is 752 g/mol. The Labute approximate surface area is 300 Å². The maximum absolute atomic E-state index is 14.4. The van der Waals surface area contributed by atoms with Crippen LogP contribution in [0.1, 0.15) is 50.4 Å². The van der Waals surface area contributed by atoms with Crippen LogP contribution in [0, 0.1) is 5.92 Å². The number of carbonyl (C=O) groups excluding carboxylic acids is 1. The molecule has 2 N–H and O–H groups in total. The minimum atomic E-state index is -4.02. The van der Waals surface area contributed by atoms with Gasteiger partial charge in [0.25, 0.3) is 15.9 Å². The highest BCUT2D eigenvalue weighted by Crippen LogP contribution is 2.30. The van der Waals surface area contributed by atoms with Crippen molar-refractivity contribution in [1.82, 2.24) is 9.21 Å². The van der Waals surface area contributed by atoms with Crippen molar-refractivity contribution in [2.45, 2.75) is 68.1 Å². The van der Waals surface area contributed by atoms with E-state index in [1.807, 2.05) is 13.8 Å². The fourth-order valence-corrected chi connectivity index (χ4v) is 7.91. The monoisotopic (exact) mass is 751 g/mol. The zero-order valence-corrected chi connectivity index (χ0v) is 31.3. The zero-order valence-electron chi connectivity index (χ0n) is 28.9. The van der Waals surface area contributed by atoms with Crippen molar-refractivity contribution in [2.24, 2.45) is 5.92 Å². The molecule has 4 rings (SSSR count). The summed E-state index contributed by atoms with van der Waals surface area (Å²) < 4.78 is 74.9. The first-order valence-corrected chi connectivity index (χ1v) is 19.7. The van der Waals surface area contributed by atoms with Gasteiger partial charge in [-0.05, 0) is 99.8 Å². The van der Waals surface area contributed by atoms with Crippen LogP contribution < -0.4 is 14.2 Å². The molecule has 0 saturated heterocycles. The Hall–Kier alpha value is -3.40. The van der Waals surface area contributed by atoms with Crippen molar-refractivity contribution < 1.29 is 40.9 Å². The van der Waals surface area contributed by atoms with Crippen molar-refractivity contribution in [3.63, 3.8) is 0 Å². The number of rotatable bonds is 10. The van der Waals surface area contributed by atoms with E-state index >= 15 is 0 Å². The molecule has 1 aliphatic rings. The van der Waals surface area contributed by atoms with Crippen molar-refractivity contribution >= 4 is 43.2 Å². The van der Waals surface area contributed by atoms with E-state index in [0.29, 0.717) is 30.2 Å². The lowest BCUT2D eigenvalue weighted by atomic mass is 10.0. The zero-order chi connectivity index (χ0) is 36.6. The van der Waals surface area contributed by atoms with Crippen LogP contribution in [0.4, 0.5) is 5.69 Å². The molecular weight excluding hydrogens is 706 g/mol. The normalized spacial score (nSPS) is 20.4. The quantitative estimate of drug-likeness (QED) is 0.283. The molecule has 12 nitrogen and oxygen atoms in total. The lowest BCUT2D eigenvalue weighted by Crippen LogP contribution is -2.48. The van der Waals surface area contributed by atoms with Gasteiger partial charge in [-0.3, -0.25) is 9.52 Å². The highest BCUT2D eigenvalue weighted by atomic mass is 35.5. The van der Waals surface area contributed by atoms with Crippen molar-refractivity contribution in [2.75, 3.05) is 45.2 Å². The summed E-state index contributed by atoms with van der Waals surface area (Å²) in [5, 5.41) is 10.6. The van der Waals surface area contributed by atoms with Gasteiger partial charge in [-0.15, -0.1) is 0 Å². The van der Waals surface area contributed by atoms with Crippen LogP contribution >= 0.6 is 11.6 Å². The second-order valence-corrected chi connectivity index (χ2v) is 16.7. The lowest BCUT2D eigenvalue weighted by molar-refractivity contribution is -0.00833. The van der Waals surface area contributed by atoms with E-state index in [1.54, 1.807) is 25.1 Å². The maximum atomic E-state index is 14.4. The third-order valence-electron chi connectivity index (χ3n) is 8.63. The Morgan fingerprint density at radius 2 is 1.68 bits per heavy atom. The molecular formula is C35H46ClN3O9S2. The van der Waals surface area contributed by atoms with Gasteiger partial charge in [0.2, 0.25) is 10.0 Å². The van der Waals surface area contributed by atoms with E-state index in [-0.39, 0.29) is 58.5 Å². The van der Waals surface area contributed by atoms with Gasteiger partial charge in [0, 0.05) is 43.4 Å². The summed E-state index contributed by atoms with van der Waals surface area (Å²) in [4.78, 5) is 16.0. The van der Waals surface area contributed by atoms with E-state index < -0.39 is 38.1 Å². The molecule has 50 heavy (non-hydrogen) atoms. The summed E-state index contributed by atoms with van der Waals surface area (Å²) in [6.07, 6.45) is 1.19. The SMILES string of the molecule is COc1ccc(S(=O)(=O)N(C)C[C@H]2OCCCC[C@H](C)Oc3ccc(NS(=O)(=O)c4ccc(Cl)cc4)cc3C(=O)N([C@H](C)CO)C[C@H]2C)cc1. The number of nitrogens with zero attached hydrogens (tertiary/aromatic N) is 2. The second-order valence-electron chi connectivity index (χ2n) is 12.5. The summed E-state index contributed by atoms with van der Waals surface area (Å²) in [5.41, 5.74) is 0.245. The van der Waals surface area contributed by atoms with Gasteiger partial charge < -0.3 is 24.2 Å². The molecule has 0 spiro atoms. The number of hydrogen-bond donors (Lipinski definition) is 2. The van der Waals surface area contributed by atoms with Crippen LogP contribution in [0.3, 0.4) is 0 Å². The van der Waals surface area contributed by atoms with Gasteiger partial charge in [-0.1, -0.05) is 18.5 Å². The van der Waals surface area contributed by atoms with Crippen LogP contribution in [-0.4, -0.2) is 95.8 Å². The molecule has 0 fully saturated rings. The number of anilines is 1. The van der Waals surface area contributed by atoms with Gasteiger partial charge in [-0.2, -0.15) is 4.31 Å². The first kappa shape index (κ1) is 39.4. The topological polar surface area (TPSA) is 152 Å². The Kier molecular flexibility index (Phi) is 13.6. The number of aliphatic hydroxyl groups is 1. The number of benzene rings is 3. The predicted octanol–water partition coefficient (Wildman–Crippen LogP) is 5.27. The second kappa shape index (κ2) is 17.2. The van der Waals surface area contributed by atoms with Crippen LogP contribution in [-0.2, 0) is 24.8 Å². The molecule has 0 aliphatic carbocycles. The first-order chi connectivity index (χ1) is 23.7. The molecule has 0 radical (unpaired) electrons. The Morgan fingerprint density at radius 3 is 2.32 bits per heavy atom. The minimum Gasteiger partial charge on any atom is -0.497 e. The van der Waals surface area contributed by atoms with Crippen molar-refractivity contribution in [3.8, 4) is 11.5 Å². The summed E-state index contributed by atoms with van der Waals surface area (Å²) in [6, 6.07) is 15.7. The van der Waals surface area contributed by atoms with Gasteiger partial charge >= 0.3 is 0 Å². The van der Waals surface area contributed by atoms with E-state index in [1.165, 1.54) is 71.9 Å². The lowest BCUT2D eigenvalue weighted by Gasteiger charge is -2.35. The first-order valence-electron chi connectivity index (χ1n) is 16.4. The van der Waals surface area contributed by atoms with Crippen LogP contribution in [0.15, 0.2) is 76.5 Å². The van der Waals surface area contributed by atoms with E-state index in [9.17, 15) is 26.7 Å². The summed E-state index contributed by atoms with van der Waals surface area (Å²) in [6.45, 7) is 5.57. The molecule has 3 aromatic carbocycles. The molecule has 0 unspecified atom stereocenters. The highest BCUT2D eigenvalue weighted by molar-refractivity contribution is 7.92. The van der Waals surface area contributed by atoms with E-state index in [2.05, 4.69) is 4.72 Å². The third kappa shape index (κ3) is 9.89. The molecule has 4 atom stereocenters.